The summed E-state index contributed by atoms with van der Waals surface area (Å²) in [5.74, 6) is -3.36. The van der Waals surface area contributed by atoms with E-state index in [1.807, 2.05) is 0 Å². The number of methoxy groups -OCH3 is 2. The van der Waals surface area contributed by atoms with Crippen molar-refractivity contribution in [2.45, 2.75) is 38.5 Å². The summed E-state index contributed by atoms with van der Waals surface area (Å²) in [6.45, 7) is 0. The average molecular weight is 342 g/mol. The van der Waals surface area contributed by atoms with Crippen molar-refractivity contribution in [3.05, 3.63) is 23.3 Å². The molecule has 134 valence electrons. The van der Waals surface area contributed by atoms with E-state index in [4.69, 9.17) is 5.11 Å². The number of rotatable bonds is 11. The Kier molecular flexibility index (Phi) is 10.6. The minimum absolute atomic E-state index is 0.00342. The number of aliphatic carboxylic acids is 2. The molecule has 8 heteroatoms. The van der Waals surface area contributed by atoms with Gasteiger partial charge >= 0.3 is 23.9 Å². The van der Waals surface area contributed by atoms with Gasteiger partial charge in [0.05, 0.1) is 32.6 Å². The number of allylic oxidation sites excluding steroid dienone is 1. The van der Waals surface area contributed by atoms with Crippen LogP contribution in [0, 0.1) is 0 Å². The third-order valence-electron chi connectivity index (χ3n) is 3.07. The van der Waals surface area contributed by atoms with Gasteiger partial charge < -0.3 is 19.7 Å². The van der Waals surface area contributed by atoms with Gasteiger partial charge in [-0.3, -0.25) is 14.4 Å². The number of carboxylic acids is 2. The van der Waals surface area contributed by atoms with Crippen molar-refractivity contribution < 1.29 is 38.9 Å². The molecule has 0 bridgehead atoms. The van der Waals surface area contributed by atoms with Crippen LogP contribution in [0.25, 0.3) is 0 Å². The summed E-state index contributed by atoms with van der Waals surface area (Å²) in [6, 6.07) is 0. The number of hydrogen-bond acceptors (Lipinski definition) is 6. The summed E-state index contributed by atoms with van der Waals surface area (Å²) < 4.78 is 9.02. The molecular formula is C16H22O8. The Labute approximate surface area is 139 Å². The zero-order valence-corrected chi connectivity index (χ0v) is 13.7. The van der Waals surface area contributed by atoms with E-state index in [0.29, 0.717) is 19.3 Å². The van der Waals surface area contributed by atoms with E-state index in [9.17, 15) is 24.3 Å². The maximum atomic E-state index is 11.5. The Morgan fingerprint density at radius 3 is 2.04 bits per heavy atom. The number of ether oxygens (including phenoxy) is 2. The first-order chi connectivity index (χ1) is 11.3. The third-order valence-corrected chi connectivity index (χ3v) is 3.07. The topological polar surface area (TPSA) is 127 Å². The first-order valence-electron chi connectivity index (χ1n) is 7.30. The third kappa shape index (κ3) is 9.39. The van der Waals surface area contributed by atoms with Gasteiger partial charge in [0.2, 0.25) is 0 Å². The fourth-order valence-electron chi connectivity index (χ4n) is 1.82. The number of esters is 2. The van der Waals surface area contributed by atoms with Crippen LogP contribution in [0.4, 0.5) is 0 Å². The highest BCUT2D eigenvalue weighted by atomic mass is 16.5. The molecule has 0 aromatic heterocycles. The maximum Gasteiger partial charge on any atom is 0.335 e. The number of carbonyl (C=O) groups is 4. The molecule has 0 radical (unpaired) electrons. The van der Waals surface area contributed by atoms with Gasteiger partial charge in [0.1, 0.15) is 0 Å². The molecular weight excluding hydrogens is 320 g/mol. The summed E-state index contributed by atoms with van der Waals surface area (Å²) in [7, 11) is 2.38. The van der Waals surface area contributed by atoms with Crippen molar-refractivity contribution in [3.8, 4) is 0 Å². The van der Waals surface area contributed by atoms with Crippen LogP contribution in [-0.4, -0.2) is 48.3 Å². The molecule has 0 aromatic carbocycles. The van der Waals surface area contributed by atoms with Crippen molar-refractivity contribution in [1.29, 1.82) is 0 Å². The van der Waals surface area contributed by atoms with E-state index in [1.54, 1.807) is 0 Å². The maximum absolute atomic E-state index is 11.5. The van der Waals surface area contributed by atoms with Gasteiger partial charge in [0, 0.05) is 6.42 Å². The normalized spacial score (nSPS) is 11.8. The molecule has 24 heavy (non-hydrogen) atoms. The summed E-state index contributed by atoms with van der Waals surface area (Å²) >= 11 is 0. The van der Waals surface area contributed by atoms with Crippen LogP contribution in [0.1, 0.15) is 38.5 Å². The zero-order chi connectivity index (χ0) is 18.5. The smallest absolute Gasteiger partial charge is 0.335 e. The van der Waals surface area contributed by atoms with Crippen LogP contribution in [0.2, 0.25) is 0 Å². The predicted molar refractivity (Wildman–Crippen MR) is 83.2 cm³/mol. The summed E-state index contributed by atoms with van der Waals surface area (Å²) in [4.78, 5) is 44.5. The SMILES string of the molecule is COC(=O)CC=C(CC(=O)OC)C(=CCCCCC(=O)O)C(=O)O. The number of hydrogen-bond donors (Lipinski definition) is 2. The average Bonchev–Trinajstić information content (AvgIpc) is 2.53. The molecule has 0 saturated heterocycles. The van der Waals surface area contributed by atoms with Gasteiger partial charge in [0.25, 0.3) is 0 Å². The van der Waals surface area contributed by atoms with Gasteiger partial charge in [-0.2, -0.15) is 0 Å². The molecule has 0 rings (SSSR count). The van der Waals surface area contributed by atoms with Crippen molar-refractivity contribution in [1.82, 2.24) is 0 Å². The molecule has 0 fully saturated rings. The minimum Gasteiger partial charge on any atom is -0.481 e. The molecule has 0 saturated carbocycles. The fourth-order valence-corrected chi connectivity index (χ4v) is 1.82. The minimum atomic E-state index is -1.24. The Balaban J connectivity index is 5.14. The lowest BCUT2D eigenvalue weighted by Gasteiger charge is -2.08. The predicted octanol–water partition coefficient (Wildman–Crippen LogP) is 1.69. The fraction of sp³-hybridized carbons (Fsp3) is 0.500. The zero-order valence-electron chi connectivity index (χ0n) is 13.7. The van der Waals surface area contributed by atoms with Crippen LogP contribution in [0.3, 0.4) is 0 Å². The van der Waals surface area contributed by atoms with Gasteiger partial charge in [-0.25, -0.2) is 4.79 Å². The number of carbonyl (C=O) groups excluding carboxylic acids is 2. The van der Waals surface area contributed by atoms with Gasteiger partial charge in [-0.15, -0.1) is 0 Å². The summed E-state index contributed by atoms with van der Waals surface area (Å²) in [5, 5.41) is 17.9. The molecule has 0 atom stereocenters. The number of unbranched alkanes of at least 4 members (excludes halogenated alkanes) is 2. The molecule has 0 amide bonds. The van der Waals surface area contributed by atoms with Crippen LogP contribution >= 0.6 is 0 Å². The van der Waals surface area contributed by atoms with E-state index < -0.39 is 23.9 Å². The van der Waals surface area contributed by atoms with Gasteiger partial charge in [-0.05, 0) is 24.8 Å². The van der Waals surface area contributed by atoms with Crippen molar-refractivity contribution in [3.63, 3.8) is 0 Å². The Hall–Kier alpha value is -2.64. The first kappa shape index (κ1) is 21.4. The lowest BCUT2D eigenvalue weighted by atomic mass is 9.99. The van der Waals surface area contributed by atoms with E-state index in [1.165, 1.54) is 26.4 Å². The summed E-state index contributed by atoms with van der Waals surface area (Å²) in [5.41, 5.74) is 0.0395. The van der Waals surface area contributed by atoms with Crippen LogP contribution in [0.5, 0.6) is 0 Å². The second-order valence-electron chi connectivity index (χ2n) is 4.83. The highest BCUT2D eigenvalue weighted by Crippen LogP contribution is 2.18. The van der Waals surface area contributed by atoms with Crippen molar-refractivity contribution >= 4 is 23.9 Å². The van der Waals surface area contributed by atoms with Crippen molar-refractivity contribution in [2.75, 3.05) is 14.2 Å². The van der Waals surface area contributed by atoms with Gasteiger partial charge in [-0.1, -0.05) is 12.2 Å². The summed E-state index contributed by atoms with van der Waals surface area (Å²) in [6.07, 6.45) is 3.51. The molecule has 0 aliphatic heterocycles. The lowest BCUT2D eigenvalue weighted by Crippen LogP contribution is -2.10. The highest BCUT2D eigenvalue weighted by molar-refractivity contribution is 5.94. The standard InChI is InChI=1S/C16H22O8/c1-23-14(19)9-8-11(10-15(20)24-2)12(16(21)22)6-4-3-5-7-13(17)18/h6,8H,3-5,7,9-10H2,1-2H3,(H,17,18)(H,21,22). The van der Waals surface area contributed by atoms with Gasteiger partial charge in [0.15, 0.2) is 0 Å². The van der Waals surface area contributed by atoms with E-state index in [-0.39, 0.29) is 30.4 Å². The van der Waals surface area contributed by atoms with Crippen LogP contribution in [-0.2, 0) is 28.7 Å². The largest absolute Gasteiger partial charge is 0.481 e. The van der Waals surface area contributed by atoms with Crippen LogP contribution in [0.15, 0.2) is 23.3 Å². The van der Waals surface area contributed by atoms with E-state index in [0.717, 1.165) is 0 Å². The monoisotopic (exact) mass is 342 g/mol. The second-order valence-corrected chi connectivity index (χ2v) is 4.83. The Morgan fingerprint density at radius 2 is 1.54 bits per heavy atom. The Morgan fingerprint density at radius 1 is 0.917 bits per heavy atom. The van der Waals surface area contributed by atoms with Crippen LogP contribution < -0.4 is 0 Å². The van der Waals surface area contributed by atoms with E-state index in [2.05, 4.69) is 9.47 Å². The molecule has 0 aromatic rings. The second kappa shape index (κ2) is 11.9. The highest BCUT2D eigenvalue weighted by Gasteiger charge is 2.17. The molecule has 0 unspecified atom stereocenters. The quantitative estimate of drug-likeness (QED) is 0.251. The molecule has 0 aliphatic rings. The molecule has 8 nitrogen and oxygen atoms in total. The molecule has 0 spiro atoms. The molecule has 0 aliphatic carbocycles. The van der Waals surface area contributed by atoms with E-state index >= 15 is 0 Å². The Bertz CT molecular complexity index is 530. The molecule has 2 N–H and O–H groups in total. The van der Waals surface area contributed by atoms with Crippen molar-refractivity contribution in [2.24, 2.45) is 0 Å². The lowest BCUT2D eigenvalue weighted by molar-refractivity contribution is -0.141. The first-order valence-corrected chi connectivity index (χ1v) is 7.30. The number of carboxylic acid groups (broad SMARTS) is 2. The molecule has 0 heterocycles.